The van der Waals surface area contributed by atoms with Crippen molar-refractivity contribution in [2.45, 2.75) is 88.4 Å². The molecular weight excluding hydrogens is 761 g/mol. The molecule has 0 bridgehead atoms. The van der Waals surface area contributed by atoms with E-state index in [1.165, 1.54) is 6.07 Å². The van der Waals surface area contributed by atoms with Crippen LogP contribution < -0.4 is 31.7 Å². The van der Waals surface area contributed by atoms with Gasteiger partial charge >= 0.3 is 0 Å². The molecule has 2 saturated heterocycles. The summed E-state index contributed by atoms with van der Waals surface area (Å²) in [6, 6.07) is 17.6. The molecule has 15 heteroatoms. The Kier molecular flexibility index (Phi) is 11.7. The number of carbonyl (C=O) groups excluding carboxylic acids is 3. The van der Waals surface area contributed by atoms with Gasteiger partial charge in [-0.15, -0.1) is 0 Å². The van der Waals surface area contributed by atoms with Gasteiger partial charge in [0.25, 0.3) is 5.56 Å². The third-order valence-corrected chi connectivity index (χ3v) is 12.7. The number of benzene rings is 2. The monoisotopic (exact) mass is 809 g/mol. The van der Waals surface area contributed by atoms with Crippen LogP contribution in [0.3, 0.4) is 0 Å². The molecular formula is C43H49ClFN9O4. The van der Waals surface area contributed by atoms with E-state index in [2.05, 4.69) is 25.4 Å². The number of aromatic nitrogens is 3. The third kappa shape index (κ3) is 8.58. The minimum Gasteiger partial charge on any atom is -0.369 e. The van der Waals surface area contributed by atoms with E-state index in [-0.39, 0.29) is 53.5 Å². The van der Waals surface area contributed by atoms with Gasteiger partial charge in [-0.1, -0.05) is 29.8 Å². The van der Waals surface area contributed by atoms with Gasteiger partial charge in [-0.3, -0.25) is 34.0 Å². The Labute approximate surface area is 341 Å². The largest absolute Gasteiger partial charge is 0.369 e. The average molecular weight is 810 g/mol. The van der Waals surface area contributed by atoms with E-state index in [1.54, 1.807) is 35.2 Å². The maximum atomic E-state index is 16.1. The lowest BCUT2D eigenvalue weighted by atomic mass is 9.84. The molecule has 0 spiro atoms. The molecule has 0 radical (unpaired) electrons. The molecule has 2 aromatic carbocycles. The lowest BCUT2D eigenvalue weighted by Crippen LogP contribution is -2.56. The first kappa shape index (κ1) is 39.5. The fraction of sp³-hybridized carbons (Fsp3) is 0.442. The zero-order valence-corrected chi connectivity index (χ0v) is 33.1. The van der Waals surface area contributed by atoms with Gasteiger partial charge in [0.05, 0.1) is 22.6 Å². The summed E-state index contributed by atoms with van der Waals surface area (Å²) < 4.78 is 17.7. The maximum absolute atomic E-state index is 16.1. The number of hydrogen-bond donors (Lipinski definition) is 3. The number of piperazine rings is 1. The van der Waals surface area contributed by atoms with Crippen LogP contribution in [0.2, 0.25) is 5.02 Å². The Morgan fingerprint density at radius 1 is 0.897 bits per heavy atom. The normalized spacial score (nSPS) is 24.2. The van der Waals surface area contributed by atoms with E-state index < -0.39 is 6.04 Å². The number of halogens is 2. The zero-order valence-electron chi connectivity index (χ0n) is 32.4. The standard InChI is InChI=1S/C43H49ClFN9O4/c44-34-26-47-43(50-40(34)28-4-3-5-32(24-28)53-19-2-1-6-39(53)56)48-29-9-13-31(14-10-29)54(37-17-18-38(55)49-42(37)58)33-15-16-36(35(45)25-33)52-22-20-51(21-23-52)30-11-7-27(8-12-30)41(46)57/h1-6,15-16,19,24-27,29-31,37H,7-14,17-18,20-23H2,(H2,46,57)(H,47,48,50)(H,49,55,58). The minimum atomic E-state index is -0.602. The van der Waals surface area contributed by atoms with E-state index >= 15 is 4.39 Å². The number of rotatable bonds is 10. The van der Waals surface area contributed by atoms with Crippen LogP contribution in [0.5, 0.6) is 0 Å². The number of imide groups is 1. The van der Waals surface area contributed by atoms with Crippen LogP contribution in [0.15, 0.2) is 77.9 Å². The molecule has 4 heterocycles. The van der Waals surface area contributed by atoms with Crippen molar-refractivity contribution < 1.29 is 18.8 Å². The molecule has 4 N–H and O–H groups in total. The molecule has 4 aliphatic rings. The maximum Gasteiger partial charge on any atom is 0.255 e. The van der Waals surface area contributed by atoms with Crippen LogP contribution in [-0.2, 0) is 14.4 Å². The SMILES string of the molecule is NC(=O)C1CCC(N2CCN(c3ccc(N(C4CCC(Nc5ncc(Cl)c(-c6cccc(-n7ccccc7=O)c6)n5)CC4)C4CCC(=O)NC4=O)cc3F)CC2)CC1. The molecule has 2 saturated carbocycles. The van der Waals surface area contributed by atoms with Crippen LogP contribution in [0.1, 0.15) is 64.2 Å². The average Bonchev–Trinajstić information content (AvgIpc) is 3.23. The topological polar surface area (TPSA) is 159 Å². The summed E-state index contributed by atoms with van der Waals surface area (Å²) in [5, 5.41) is 6.38. The van der Waals surface area contributed by atoms with Crippen LogP contribution in [0.4, 0.5) is 21.7 Å². The fourth-order valence-corrected chi connectivity index (χ4v) is 9.52. The van der Waals surface area contributed by atoms with Crippen molar-refractivity contribution in [2.75, 3.05) is 41.3 Å². The number of carbonyl (C=O) groups is 3. The molecule has 4 aromatic rings. The molecule has 2 aliphatic carbocycles. The second-order valence-electron chi connectivity index (χ2n) is 15.9. The summed E-state index contributed by atoms with van der Waals surface area (Å²) in [6.07, 6.45) is 10.4. The van der Waals surface area contributed by atoms with Crippen LogP contribution >= 0.6 is 11.6 Å². The Morgan fingerprint density at radius 2 is 1.67 bits per heavy atom. The second-order valence-corrected chi connectivity index (χ2v) is 16.3. The molecule has 4 fully saturated rings. The summed E-state index contributed by atoms with van der Waals surface area (Å²) in [5.41, 5.74) is 8.54. The van der Waals surface area contributed by atoms with Crippen molar-refractivity contribution in [1.82, 2.24) is 24.8 Å². The highest BCUT2D eigenvalue weighted by Gasteiger charge is 2.38. The van der Waals surface area contributed by atoms with Gasteiger partial charge in [-0.05, 0) is 94.2 Å². The van der Waals surface area contributed by atoms with E-state index in [9.17, 15) is 19.2 Å². The molecule has 2 aromatic heterocycles. The fourth-order valence-electron chi connectivity index (χ4n) is 9.32. The van der Waals surface area contributed by atoms with Crippen molar-refractivity contribution in [3.05, 3.63) is 94.3 Å². The molecule has 2 aliphatic heterocycles. The molecule has 58 heavy (non-hydrogen) atoms. The highest BCUT2D eigenvalue weighted by molar-refractivity contribution is 6.32. The highest BCUT2D eigenvalue weighted by atomic mass is 35.5. The lowest BCUT2D eigenvalue weighted by molar-refractivity contribution is -0.134. The Morgan fingerprint density at radius 3 is 2.38 bits per heavy atom. The number of primary amides is 1. The quantitative estimate of drug-likeness (QED) is 0.180. The zero-order chi connectivity index (χ0) is 40.3. The predicted molar refractivity (Wildman–Crippen MR) is 222 cm³/mol. The van der Waals surface area contributed by atoms with E-state index in [0.29, 0.717) is 59.3 Å². The predicted octanol–water partition coefficient (Wildman–Crippen LogP) is 5.29. The summed E-state index contributed by atoms with van der Waals surface area (Å²) in [4.78, 5) is 65.4. The number of pyridine rings is 1. The number of amides is 3. The van der Waals surface area contributed by atoms with Gasteiger partial charge in [-0.2, -0.15) is 0 Å². The molecule has 3 amide bonds. The van der Waals surface area contributed by atoms with Crippen LogP contribution in [0.25, 0.3) is 16.9 Å². The van der Waals surface area contributed by atoms with Crippen molar-refractivity contribution in [3.8, 4) is 16.9 Å². The number of hydrogen-bond acceptors (Lipinski definition) is 10. The number of nitrogens with zero attached hydrogens (tertiary/aromatic N) is 6. The molecule has 13 nitrogen and oxygen atoms in total. The first-order valence-electron chi connectivity index (χ1n) is 20.4. The Bertz CT molecular complexity index is 2210. The third-order valence-electron chi connectivity index (χ3n) is 12.4. The number of nitrogens with two attached hydrogens (primary N) is 1. The van der Waals surface area contributed by atoms with Gasteiger partial charge in [0.2, 0.25) is 23.7 Å². The summed E-state index contributed by atoms with van der Waals surface area (Å²) >= 11 is 6.60. The minimum absolute atomic E-state index is 0.0270. The molecule has 1 atom stereocenters. The lowest BCUT2D eigenvalue weighted by Gasteiger charge is -2.44. The summed E-state index contributed by atoms with van der Waals surface area (Å²) in [6.45, 7) is 3.03. The highest BCUT2D eigenvalue weighted by Crippen LogP contribution is 2.36. The first-order valence-corrected chi connectivity index (χ1v) is 20.8. The second kappa shape index (κ2) is 17.3. The van der Waals surface area contributed by atoms with Gasteiger partial charge in [0, 0.05) is 85.8 Å². The molecule has 8 rings (SSSR count). The summed E-state index contributed by atoms with van der Waals surface area (Å²) in [7, 11) is 0. The van der Waals surface area contributed by atoms with Gasteiger partial charge in [-0.25, -0.2) is 14.4 Å². The number of piperidine rings is 1. The first-order chi connectivity index (χ1) is 28.1. The van der Waals surface area contributed by atoms with Crippen molar-refractivity contribution in [1.29, 1.82) is 0 Å². The van der Waals surface area contributed by atoms with Gasteiger partial charge < -0.3 is 20.9 Å². The van der Waals surface area contributed by atoms with E-state index in [1.807, 2.05) is 41.3 Å². The Balaban J connectivity index is 0.937. The smallest absolute Gasteiger partial charge is 0.255 e. The molecule has 1 unspecified atom stereocenters. The van der Waals surface area contributed by atoms with E-state index in [4.69, 9.17) is 22.3 Å². The van der Waals surface area contributed by atoms with Crippen molar-refractivity contribution >= 4 is 46.6 Å². The summed E-state index contributed by atoms with van der Waals surface area (Å²) in [5.74, 6) is -0.783. The van der Waals surface area contributed by atoms with Crippen molar-refractivity contribution in [2.24, 2.45) is 11.7 Å². The van der Waals surface area contributed by atoms with Crippen molar-refractivity contribution in [3.63, 3.8) is 0 Å². The number of anilines is 3. The van der Waals surface area contributed by atoms with Gasteiger partial charge in [0.15, 0.2) is 0 Å². The Hall–Kier alpha value is -5.34. The van der Waals surface area contributed by atoms with Crippen LogP contribution in [-0.4, -0.2) is 87.5 Å². The number of nitrogens with one attached hydrogen (secondary N) is 2. The molecule has 304 valence electrons. The van der Waals surface area contributed by atoms with E-state index in [0.717, 1.165) is 70.0 Å². The van der Waals surface area contributed by atoms with Gasteiger partial charge in [0.1, 0.15) is 11.9 Å². The van der Waals surface area contributed by atoms with Crippen LogP contribution in [0, 0.1) is 11.7 Å².